The Balaban J connectivity index is 4.41. The minimum atomic E-state index is 0.0721. The van der Waals surface area contributed by atoms with Crippen molar-refractivity contribution in [2.75, 3.05) is 0 Å². The molecule has 0 aliphatic rings. The fraction of sp³-hybridized carbons (Fsp3) is 0.600. The van der Waals surface area contributed by atoms with Crippen molar-refractivity contribution in [3.63, 3.8) is 0 Å². The van der Waals surface area contributed by atoms with Crippen molar-refractivity contribution in [3.8, 4) is 0 Å². The van der Waals surface area contributed by atoms with Gasteiger partial charge in [0, 0.05) is 17.3 Å². The van der Waals surface area contributed by atoms with Crippen molar-refractivity contribution in [2.45, 2.75) is 52.9 Å². The summed E-state index contributed by atoms with van der Waals surface area (Å²) in [6, 6.07) is 0. The van der Waals surface area contributed by atoms with Crippen LogP contribution in [0.5, 0.6) is 0 Å². The molecule has 17 heavy (non-hydrogen) atoms. The van der Waals surface area contributed by atoms with Crippen LogP contribution in [0.4, 0.5) is 0 Å². The molecule has 2 nitrogen and oxygen atoms in total. The van der Waals surface area contributed by atoms with E-state index >= 15 is 0 Å². The number of unbranched alkanes of at least 4 members (excludes halogenated alkanes) is 3. The van der Waals surface area contributed by atoms with E-state index in [9.17, 15) is 0 Å². The Bertz CT molecular complexity index is 285. The molecule has 0 heterocycles. The Morgan fingerprint density at radius 1 is 1.18 bits per heavy atom. The molecule has 0 radical (unpaired) electrons. The van der Waals surface area contributed by atoms with Gasteiger partial charge in [-0.2, -0.15) is 0 Å². The average molecular weight is 234 g/mol. The fourth-order valence-electron chi connectivity index (χ4n) is 1.77. The zero-order valence-corrected chi connectivity index (χ0v) is 11.6. The van der Waals surface area contributed by atoms with Crippen LogP contribution in [0.15, 0.2) is 35.4 Å². The largest absolute Gasteiger partial charge is 0.245 e. The molecule has 0 N–H and O–H groups in total. The summed E-state index contributed by atoms with van der Waals surface area (Å²) in [5.41, 5.74) is 1.07. The lowest BCUT2D eigenvalue weighted by molar-refractivity contribution is 0.444. The van der Waals surface area contributed by atoms with E-state index in [1.807, 2.05) is 6.08 Å². The lowest BCUT2D eigenvalue weighted by atomic mass is 9.82. The van der Waals surface area contributed by atoms with Gasteiger partial charge in [-0.05, 0) is 12.5 Å². The summed E-state index contributed by atoms with van der Waals surface area (Å²) in [7, 11) is 0. The fourth-order valence-corrected chi connectivity index (χ4v) is 1.77. The lowest BCUT2D eigenvalue weighted by Crippen LogP contribution is -2.22. The van der Waals surface area contributed by atoms with Crippen LogP contribution in [-0.4, -0.2) is 12.1 Å². The van der Waals surface area contributed by atoms with Gasteiger partial charge in [0.1, 0.15) is 6.34 Å². The van der Waals surface area contributed by atoms with Gasteiger partial charge >= 0.3 is 0 Å². The second-order valence-corrected chi connectivity index (χ2v) is 4.86. The van der Waals surface area contributed by atoms with E-state index < -0.39 is 0 Å². The molecule has 0 saturated heterocycles. The monoisotopic (exact) mass is 234 g/mol. The summed E-state index contributed by atoms with van der Waals surface area (Å²) in [5, 5.41) is 0. The predicted molar refractivity (Wildman–Crippen MR) is 78.9 cm³/mol. The van der Waals surface area contributed by atoms with Crippen LogP contribution in [0.25, 0.3) is 0 Å². The van der Waals surface area contributed by atoms with Crippen molar-refractivity contribution in [2.24, 2.45) is 15.4 Å². The van der Waals surface area contributed by atoms with Crippen molar-refractivity contribution < 1.29 is 0 Å². The molecule has 0 aliphatic carbocycles. The van der Waals surface area contributed by atoms with Crippen molar-refractivity contribution in [1.82, 2.24) is 0 Å². The smallest absolute Gasteiger partial charge is 0.115 e. The van der Waals surface area contributed by atoms with E-state index in [0.29, 0.717) is 0 Å². The maximum atomic E-state index is 4.34. The third kappa shape index (κ3) is 6.88. The van der Waals surface area contributed by atoms with Crippen molar-refractivity contribution in [1.29, 1.82) is 0 Å². The van der Waals surface area contributed by atoms with E-state index in [0.717, 1.165) is 12.1 Å². The second-order valence-electron chi connectivity index (χ2n) is 4.86. The minimum Gasteiger partial charge on any atom is -0.245 e. The molecular weight excluding hydrogens is 208 g/mol. The number of allylic oxidation sites excluding steroid dienone is 1. The predicted octanol–water partition coefficient (Wildman–Crippen LogP) is 4.78. The standard InChI is InChI=1S/C15H26N2/c1-6-9-10-11-12-15(4,5)14(7-2)17-13-16-8-3/h7-8,13H,2-3,6,9-12H2,1,4-5H3. The van der Waals surface area contributed by atoms with Crippen LogP contribution >= 0.6 is 0 Å². The van der Waals surface area contributed by atoms with Crippen LogP contribution in [0.1, 0.15) is 52.9 Å². The summed E-state index contributed by atoms with van der Waals surface area (Å²) in [5.74, 6) is 0. The molecule has 0 saturated carbocycles. The van der Waals surface area contributed by atoms with Gasteiger partial charge in [-0.25, -0.2) is 9.98 Å². The molecule has 0 amide bonds. The quantitative estimate of drug-likeness (QED) is 0.311. The first-order valence-electron chi connectivity index (χ1n) is 6.41. The average Bonchev–Trinajstić information content (AvgIpc) is 2.30. The molecule has 0 bridgehead atoms. The first-order valence-corrected chi connectivity index (χ1v) is 6.41. The van der Waals surface area contributed by atoms with E-state index in [1.54, 1.807) is 0 Å². The first-order chi connectivity index (χ1) is 8.08. The maximum absolute atomic E-state index is 4.34. The summed E-state index contributed by atoms with van der Waals surface area (Å²) < 4.78 is 0. The van der Waals surface area contributed by atoms with E-state index in [-0.39, 0.29) is 5.41 Å². The third-order valence-electron chi connectivity index (χ3n) is 2.91. The minimum absolute atomic E-state index is 0.0721. The van der Waals surface area contributed by atoms with E-state index in [4.69, 9.17) is 0 Å². The summed E-state index contributed by atoms with van der Waals surface area (Å²) in [4.78, 5) is 8.22. The summed E-state index contributed by atoms with van der Waals surface area (Å²) >= 11 is 0. The van der Waals surface area contributed by atoms with Gasteiger partial charge in [0.15, 0.2) is 0 Å². The Morgan fingerprint density at radius 2 is 1.88 bits per heavy atom. The van der Waals surface area contributed by atoms with Crippen molar-refractivity contribution >= 4 is 12.1 Å². The Hall–Kier alpha value is -1.18. The molecular formula is C15H26N2. The Kier molecular flexibility index (Phi) is 8.29. The molecule has 0 spiro atoms. The molecule has 0 aliphatic heterocycles. The number of hydrogen-bond donors (Lipinski definition) is 0. The Labute approximate surface area is 106 Å². The molecule has 0 aromatic carbocycles. The van der Waals surface area contributed by atoms with Gasteiger partial charge in [-0.1, -0.05) is 59.6 Å². The normalized spacial score (nSPS) is 13.0. The molecule has 0 atom stereocenters. The first kappa shape index (κ1) is 15.8. The van der Waals surface area contributed by atoms with Gasteiger partial charge in [0.05, 0.1) is 0 Å². The molecule has 96 valence electrons. The number of hydrogen-bond acceptors (Lipinski definition) is 1. The molecule has 0 unspecified atom stereocenters. The SMILES string of the molecule is C=CN=CN=C(C=C)C(C)(C)CCCCCC. The summed E-state index contributed by atoms with van der Waals surface area (Å²) in [6.07, 6.45) is 11.1. The number of nitrogens with zero attached hydrogens (tertiary/aromatic N) is 2. The highest BCUT2D eigenvalue weighted by Gasteiger charge is 2.21. The topological polar surface area (TPSA) is 24.7 Å². The van der Waals surface area contributed by atoms with Gasteiger partial charge in [-0.3, -0.25) is 0 Å². The van der Waals surface area contributed by atoms with Gasteiger partial charge < -0.3 is 0 Å². The van der Waals surface area contributed by atoms with Crippen LogP contribution in [0, 0.1) is 5.41 Å². The van der Waals surface area contributed by atoms with Crippen LogP contribution in [-0.2, 0) is 0 Å². The van der Waals surface area contributed by atoms with E-state index in [2.05, 4.69) is 43.9 Å². The van der Waals surface area contributed by atoms with Gasteiger partial charge in [0.25, 0.3) is 0 Å². The van der Waals surface area contributed by atoms with Crippen LogP contribution in [0.3, 0.4) is 0 Å². The molecule has 0 aromatic heterocycles. The highest BCUT2D eigenvalue weighted by atomic mass is 14.8. The maximum Gasteiger partial charge on any atom is 0.115 e. The second kappa shape index (κ2) is 8.91. The third-order valence-corrected chi connectivity index (χ3v) is 2.91. The number of rotatable bonds is 9. The van der Waals surface area contributed by atoms with Gasteiger partial charge in [0.2, 0.25) is 0 Å². The van der Waals surface area contributed by atoms with Crippen LogP contribution < -0.4 is 0 Å². The highest BCUT2D eigenvalue weighted by molar-refractivity contribution is 6.02. The lowest BCUT2D eigenvalue weighted by Gasteiger charge is -2.24. The molecule has 2 heteroatoms. The van der Waals surface area contributed by atoms with E-state index in [1.165, 1.54) is 38.2 Å². The van der Waals surface area contributed by atoms with Crippen molar-refractivity contribution in [3.05, 3.63) is 25.4 Å². The molecule has 0 rings (SSSR count). The zero-order valence-electron chi connectivity index (χ0n) is 11.6. The highest BCUT2D eigenvalue weighted by Crippen LogP contribution is 2.26. The Morgan fingerprint density at radius 3 is 2.41 bits per heavy atom. The molecule has 0 fully saturated rings. The zero-order chi connectivity index (χ0) is 13.1. The summed E-state index contributed by atoms with van der Waals surface area (Å²) in [6.45, 7) is 14.0. The van der Waals surface area contributed by atoms with Gasteiger partial charge in [-0.15, -0.1) is 0 Å². The van der Waals surface area contributed by atoms with Crippen LogP contribution in [0.2, 0.25) is 0 Å². The molecule has 0 aromatic rings. The number of aliphatic imine (C=N–C) groups is 2.